The second-order valence-electron chi connectivity index (χ2n) is 7.01. The maximum absolute atomic E-state index is 13.7. The molecule has 136 valence electrons. The van der Waals surface area contributed by atoms with Crippen molar-refractivity contribution in [3.8, 4) is 0 Å². The number of carbonyl (C=O) groups excluding carboxylic acids is 2. The number of benzene rings is 1. The molecule has 2 aliphatic rings. The summed E-state index contributed by atoms with van der Waals surface area (Å²) in [7, 11) is 0. The molecule has 2 amide bonds. The van der Waals surface area contributed by atoms with Crippen molar-refractivity contribution in [2.45, 2.75) is 38.5 Å². The van der Waals surface area contributed by atoms with Crippen molar-refractivity contribution in [3.63, 3.8) is 0 Å². The Bertz CT molecular complexity index is 630. The van der Waals surface area contributed by atoms with Gasteiger partial charge in [0.1, 0.15) is 11.6 Å². The van der Waals surface area contributed by atoms with Gasteiger partial charge in [-0.25, -0.2) is 8.78 Å². The highest BCUT2D eigenvalue weighted by atomic mass is 19.1. The summed E-state index contributed by atoms with van der Waals surface area (Å²) in [5.41, 5.74) is 0.133. The zero-order valence-corrected chi connectivity index (χ0v) is 14.3. The minimum Gasteiger partial charge on any atom is -0.341 e. The van der Waals surface area contributed by atoms with Gasteiger partial charge in [-0.1, -0.05) is 6.07 Å². The van der Waals surface area contributed by atoms with Crippen molar-refractivity contribution in [1.82, 2.24) is 9.80 Å². The molecule has 0 radical (unpaired) electrons. The third-order valence-corrected chi connectivity index (χ3v) is 5.23. The van der Waals surface area contributed by atoms with Crippen molar-refractivity contribution in [3.05, 3.63) is 35.4 Å². The van der Waals surface area contributed by atoms with E-state index >= 15 is 0 Å². The summed E-state index contributed by atoms with van der Waals surface area (Å²) in [5, 5.41) is 0. The van der Waals surface area contributed by atoms with E-state index in [-0.39, 0.29) is 29.8 Å². The summed E-state index contributed by atoms with van der Waals surface area (Å²) < 4.78 is 27.5. The summed E-state index contributed by atoms with van der Waals surface area (Å²) in [6, 6.07) is 3.93. The molecule has 1 unspecified atom stereocenters. The third-order valence-electron chi connectivity index (χ3n) is 5.23. The van der Waals surface area contributed by atoms with Crippen LogP contribution in [0.2, 0.25) is 0 Å². The van der Waals surface area contributed by atoms with E-state index in [0.29, 0.717) is 38.9 Å². The van der Waals surface area contributed by atoms with Crippen LogP contribution in [-0.4, -0.2) is 47.8 Å². The molecule has 2 aliphatic heterocycles. The first-order valence-corrected chi connectivity index (χ1v) is 9.03. The van der Waals surface area contributed by atoms with Crippen molar-refractivity contribution in [1.29, 1.82) is 0 Å². The summed E-state index contributed by atoms with van der Waals surface area (Å²) >= 11 is 0. The highest BCUT2D eigenvalue weighted by Gasteiger charge is 2.28. The Balaban J connectivity index is 1.52. The molecule has 2 saturated heterocycles. The maximum Gasteiger partial charge on any atom is 0.242 e. The van der Waals surface area contributed by atoms with Gasteiger partial charge in [0.05, 0.1) is 6.54 Å². The highest BCUT2D eigenvalue weighted by molar-refractivity contribution is 5.85. The lowest BCUT2D eigenvalue weighted by molar-refractivity contribution is -0.139. The molecule has 1 aromatic carbocycles. The normalized spacial score (nSPS) is 21.0. The standard InChI is InChI=1S/C19H24F2N2O2/c20-16-5-1-6-17(21)15(16)9-8-14-4-2-10-22(12-14)19(25)13-23-11-3-7-18(23)24/h1,5-6,14H,2-4,7-13H2. The molecule has 0 bridgehead atoms. The Morgan fingerprint density at radius 1 is 1.16 bits per heavy atom. The van der Waals surface area contributed by atoms with Gasteiger partial charge in [-0.05, 0) is 50.2 Å². The van der Waals surface area contributed by atoms with E-state index in [1.165, 1.54) is 18.2 Å². The number of piperidine rings is 1. The van der Waals surface area contributed by atoms with Crippen LogP contribution in [0.1, 0.15) is 37.7 Å². The van der Waals surface area contributed by atoms with Crippen LogP contribution in [0, 0.1) is 17.6 Å². The second kappa shape index (κ2) is 7.93. The number of rotatable bonds is 5. The van der Waals surface area contributed by atoms with Crippen LogP contribution in [0.4, 0.5) is 8.78 Å². The maximum atomic E-state index is 13.7. The SMILES string of the molecule is O=C1CCCN1CC(=O)N1CCCC(CCc2c(F)cccc2F)C1. The average molecular weight is 350 g/mol. The zero-order valence-electron chi connectivity index (χ0n) is 14.3. The lowest BCUT2D eigenvalue weighted by atomic mass is 9.91. The van der Waals surface area contributed by atoms with Gasteiger partial charge in [-0.2, -0.15) is 0 Å². The summed E-state index contributed by atoms with van der Waals surface area (Å²) in [5.74, 6) is -0.729. The molecule has 3 rings (SSSR count). The van der Waals surface area contributed by atoms with Crippen molar-refractivity contribution >= 4 is 11.8 Å². The number of halogens is 2. The number of hydrogen-bond acceptors (Lipinski definition) is 2. The predicted octanol–water partition coefficient (Wildman–Crippen LogP) is 2.76. The molecule has 2 heterocycles. The Kier molecular flexibility index (Phi) is 5.66. The van der Waals surface area contributed by atoms with E-state index in [2.05, 4.69) is 0 Å². The van der Waals surface area contributed by atoms with Crippen LogP contribution in [0.5, 0.6) is 0 Å². The first kappa shape index (κ1) is 17.8. The highest BCUT2D eigenvalue weighted by Crippen LogP contribution is 2.24. The van der Waals surface area contributed by atoms with Crippen LogP contribution >= 0.6 is 0 Å². The first-order chi connectivity index (χ1) is 12.0. The third kappa shape index (κ3) is 4.35. The second-order valence-corrected chi connectivity index (χ2v) is 7.01. The molecule has 0 aliphatic carbocycles. The predicted molar refractivity (Wildman–Crippen MR) is 89.8 cm³/mol. The Morgan fingerprint density at radius 2 is 1.92 bits per heavy atom. The van der Waals surface area contributed by atoms with Gasteiger partial charge in [-0.3, -0.25) is 9.59 Å². The van der Waals surface area contributed by atoms with Gasteiger partial charge in [0.2, 0.25) is 11.8 Å². The van der Waals surface area contributed by atoms with E-state index in [0.717, 1.165) is 19.3 Å². The summed E-state index contributed by atoms with van der Waals surface area (Å²) in [4.78, 5) is 27.5. The molecule has 4 nitrogen and oxygen atoms in total. The number of hydrogen-bond donors (Lipinski definition) is 0. The molecule has 0 spiro atoms. The largest absolute Gasteiger partial charge is 0.341 e. The smallest absolute Gasteiger partial charge is 0.242 e. The van der Waals surface area contributed by atoms with E-state index in [9.17, 15) is 18.4 Å². The summed E-state index contributed by atoms with van der Waals surface area (Å²) in [6.45, 7) is 2.13. The molecule has 6 heteroatoms. The van der Waals surface area contributed by atoms with E-state index in [4.69, 9.17) is 0 Å². The minimum atomic E-state index is -0.503. The zero-order chi connectivity index (χ0) is 17.8. The molecule has 0 saturated carbocycles. The molecule has 2 fully saturated rings. The van der Waals surface area contributed by atoms with Crippen molar-refractivity contribution in [2.24, 2.45) is 5.92 Å². The molecular weight excluding hydrogens is 326 g/mol. The fourth-order valence-corrected chi connectivity index (χ4v) is 3.78. The van der Waals surface area contributed by atoms with Crippen LogP contribution in [0.25, 0.3) is 0 Å². The van der Waals surface area contributed by atoms with E-state index < -0.39 is 11.6 Å². The van der Waals surface area contributed by atoms with E-state index in [1.54, 1.807) is 9.80 Å². The van der Waals surface area contributed by atoms with Crippen LogP contribution in [-0.2, 0) is 16.0 Å². The summed E-state index contributed by atoms with van der Waals surface area (Å²) in [6.07, 6.45) is 4.21. The monoisotopic (exact) mass is 350 g/mol. The molecule has 0 N–H and O–H groups in total. The minimum absolute atomic E-state index is 0.0166. The Labute approximate surface area is 146 Å². The fraction of sp³-hybridized carbons (Fsp3) is 0.579. The lowest BCUT2D eigenvalue weighted by Crippen LogP contribution is -2.45. The molecule has 1 aromatic rings. The van der Waals surface area contributed by atoms with Gasteiger partial charge in [-0.15, -0.1) is 0 Å². The van der Waals surface area contributed by atoms with Gasteiger partial charge >= 0.3 is 0 Å². The Morgan fingerprint density at radius 3 is 2.60 bits per heavy atom. The van der Waals surface area contributed by atoms with Gasteiger partial charge in [0, 0.05) is 31.6 Å². The first-order valence-electron chi connectivity index (χ1n) is 9.03. The van der Waals surface area contributed by atoms with Crippen molar-refractivity contribution < 1.29 is 18.4 Å². The van der Waals surface area contributed by atoms with Crippen LogP contribution in [0.15, 0.2) is 18.2 Å². The van der Waals surface area contributed by atoms with Gasteiger partial charge in [0.25, 0.3) is 0 Å². The molecular formula is C19H24F2N2O2. The fourth-order valence-electron chi connectivity index (χ4n) is 3.78. The van der Waals surface area contributed by atoms with Gasteiger partial charge < -0.3 is 9.80 Å². The van der Waals surface area contributed by atoms with Crippen molar-refractivity contribution in [2.75, 3.05) is 26.2 Å². The van der Waals surface area contributed by atoms with E-state index in [1.807, 2.05) is 0 Å². The number of likely N-dealkylation sites (tertiary alicyclic amines) is 2. The number of carbonyl (C=O) groups is 2. The number of nitrogens with zero attached hydrogens (tertiary/aromatic N) is 2. The molecule has 25 heavy (non-hydrogen) atoms. The molecule has 0 aromatic heterocycles. The van der Waals surface area contributed by atoms with Gasteiger partial charge in [0.15, 0.2) is 0 Å². The topological polar surface area (TPSA) is 40.6 Å². The number of amides is 2. The molecule has 1 atom stereocenters. The van der Waals surface area contributed by atoms with Crippen LogP contribution < -0.4 is 0 Å². The van der Waals surface area contributed by atoms with Crippen LogP contribution in [0.3, 0.4) is 0 Å². The quantitative estimate of drug-likeness (QED) is 0.819. The lowest BCUT2D eigenvalue weighted by Gasteiger charge is -2.34. The average Bonchev–Trinajstić information content (AvgIpc) is 2.99. The Hall–Kier alpha value is -1.98.